The van der Waals surface area contributed by atoms with Gasteiger partial charge in [0.05, 0.1) is 0 Å². The van der Waals surface area contributed by atoms with Gasteiger partial charge in [-0.05, 0) is 12.8 Å². The van der Waals surface area contributed by atoms with Crippen molar-refractivity contribution in [3.8, 4) is 12.8 Å². The Morgan fingerprint density at radius 3 is 1.89 bits per heavy atom. The largest absolute Gasteiger partial charge is 0.316 e. The van der Waals surface area contributed by atoms with E-state index < -0.39 is 0 Å². The molecule has 0 unspecified atom stereocenters. The number of nitrogens with one attached hydrogen (secondary N) is 2. The molecule has 1 rings (SSSR count). The van der Waals surface area contributed by atoms with Crippen molar-refractivity contribution in [2.75, 3.05) is 13.1 Å². The van der Waals surface area contributed by atoms with Crippen LogP contribution in [0.3, 0.4) is 0 Å². The third kappa shape index (κ3) is 3.75. The van der Waals surface area contributed by atoms with Crippen molar-refractivity contribution in [3.05, 3.63) is 0 Å². The lowest BCUT2D eigenvalue weighted by atomic mass is 10.1. The fraction of sp³-hybridized carbons (Fsp3) is 0.571. The van der Waals surface area contributed by atoms with Crippen molar-refractivity contribution in [1.82, 2.24) is 5.32 Å². The van der Waals surface area contributed by atoms with Crippen molar-refractivity contribution < 1.29 is 0 Å². The Labute approximate surface area is 56.2 Å². The monoisotopic (exact) mass is 124 g/mol. The maximum absolute atomic E-state index is 7.15. The SMILES string of the molecule is C#C.N=C1CCNCC1. The minimum absolute atomic E-state index is 0.902. The van der Waals surface area contributed by atoms with Crippen LogP contribution in [0.2, 0.25) is 0 Å². The molecule has 0 aliphatic carbocycles. The van der Waals surface area contributed by atoms with Crippen molar-refractivity contribution in [3.63, 3.8) is 0 Å². The van der Waals surface area contributed by atoms with Gasteiger partial charge in [-0.25, -0.2) is 0 Å². The molecule has 1 heterocycles. The zero-order valence-electron chi connectivity index (χ0n) is 5.48. The molecule has 1 fully saturated rings. The van der Waals surface area contributed by atoms with Crippen LogP contribution < -0.4 is 5.32 Å². The molecule has 50 valence electrons. The molecule has 2 heteroatoms. The molecule has 0 bridgehead atoms. The van der Waals surface area contributed by atoms with Crippen molar-refractivity contribution in [2.45, 2.75) is 12.8 Å². The highest BCUT2D eigenvalue weighted by Gasteiger charge is 2.01. The fourth-order valence-corrected chi connectivity index (χ4v) is 0.729. The highest BCUT2D eigenvalue weighted by Crippen LogP contribution is 1.92. The molecule has 0 amide bonds. The quantitative estimate of drug-likeness (QED) is 0.457. The average Bonchev–Trinajstić information content (AvgIpc) is 1.94. The third-order valence-electron chi connectivity index (χ3n) is 1.21. The molecule has 9 heavy (non-hydrogen) atoms. The van der Waals surface area contributed by atoms with Crippen LogP contribution in [0, 0.1) is 18.3 Å². The van der Waals surface area contributed by atoms with Crippen LogP contribution in [0.25, 0.3) is 0 Å². The first-order valence-electron chi connectivity index (χ1n) is 3.00. The number of piperidine rings is 1. The predicted octanol–water partition coefficient (Wildman–Crippen LogP) is 0.639. The topological polar surface area (TPSA) is 35.9 Å². The number of hydrogen-bond acceptors (Lipinski definition) is 2. The molecule has 0 aromatic heterocycles. The number of rotatable bonds is 0. The Kier molecular flexibility index (Phi) is 4.85. The second kappa shape index (κ2) is 5.33. The van der Waals surface area contributed by atoms with Gasteiger partial charge in [0.2, 0.25) is 0 Å². The summed E-state index contributed by atoms with van der Waals surface area (Å²) in [7, 11) is 0. The molecular weight excluding hydrogens is 112 g/mol. The van der Waals surface area contributed by atoms with Gasteiger partial charge in [0.1, 0.15) is 0 Å². The Morgan fingerprint density at radius 2 is 1.67 bits per heavy atom. The van der Waals surface area contributed by atoms with Gasteiger partial charge < -0.3 is 10.7 Å². The predicted molar refractivity (Wildman–Crippen MR) is 39.7 cm³/mol. The van der Waals surface area contributed by atoms with E-state index in [1.165, 1.54) is 0 Å². The maximum Gasteiger partial charge on any atom is 0.0114 e. The molecular formula is C7H12N2. The van der Waals surface area contributed by atoms with Crippen LogP contribution in [0.1, 0.15) is 12.8 Å². The average molecular weight is 124 g/mol. The molecule has 0 aromatic rings. The number of terminal acetylenes is 1. The summed E-state index contributed by atoms with van der Waals surface area (Å²) >= 11 is 0. The summed E-state index contributed by atoms with van der Waals surface area (Å²) in [6, 6.07) is 0. The normalized spacial score (nSPS) is 17.8. The maximum atomic E-state index is 7.15. The van der Waals surface area contributed by atoms with Gasteiger partial charge in [0.15, 0.2) is 0 Å². The third-order valence-corrected chi connectivity index (χ3v) is 1.21. The van der Waals surface area contributed by atoms with Crippen LogP contribution in [-0.4, -0.2) is 18.8 Å². The van der Waals surface area contributed by atoms with Gasteiger partial charge in [-0.15, -0.1) is 12.8 Å². The zero-order chi connectivity index (χ0) is 7.11. The smallest absolute Gasteiger partial charge is 0.0114 e. The highest BCUT2D eigenvalue weighted by molar-refractivity contribution is 5.82. The number of hydrogen-bond donors (Lipinski definition) is 2. The first-order chi connectivity index (χ1) is 4.39. The molecule has 2 nitrogen and oxygen atoms in total. The van der Waals surface area contributed by atoms with E-state index in [4.69, 9.17) is 5.41 Å². The van der Waals surface area contributed by atoms with E-state index in [-0.39, 0.29) is 0 Å². The second-order valence-electron chi connectivity index (χ2n) is 1.85. The first kappa shape index (κ1) is 8.19. The summed E-state index contributed by atoms with van der Waals surface area (Å²) < 4.78 is 0. The van der Waals surface area contributed by atoms with E-state index in [0.717, 1.165) is 31.6 Å². The van der Waals surface area contributed by atoms with Gasteiger partial charge in [-0.1, -0.05) is 0 Å². The Bertz CT molecular complexity index is 96.7. The standard InChI is InChI=1S/C5H10N2.C2H2/c6-5-1-3-7-4-2-5;1-2/h6-7H,1-4H2;1-2H. The van der Waals surface area contributed by atoms with Crippen molar-refractivity contribution in [1.29, 1.82) is 5.41 Å². The zero-order valence-corrected chi connectivity index (χ0v) is 5.48. The van der Waals surface area contributed by atoms with Crippen LogP contribution in [0.15, 0.2) is 0 Å². The van der Waals surface area contributed by atoms with E-state index >= 15 is 0 Å². The lowest BCUT2D eigenvalue weighted by Crippen LogP contribution is -2.27. The summed E-state index contributed by atoms with van der Waals surface area (Å²) in [5.41, 5.74) is 0.902. The highest BCUT2D eigenvalue weighted by atomic mass is 14.9. The summed E-state index contributed by atoms with van der Waals surface area (Å²) in [6.45, 7) is 2.03. The Hall–Kier alpha value is -0.810. The van der Waals surface area contributed by atoms with E-state index in [1.54, 1.807) is 0 Å². The van der Waals surface area contributed by atoms with Crippen LogP contribution >= 0.6 is 0 Å². The lowest BCUT2D eigenvalue weighted by Gasteiger charge is -2.10. The minimum Gasteiger partial charge on any atom is -0.316 e. The van der Waals surface area contributed by atoms with Crippen molar-refractivity contribution in [2.24, 2.45) is 0 Å². The molecule has 0 spiro atoms. The summed E-state index contributed by atoms with van der Waals surface area (Å²) in [5, 5.41) is 10.3. The van der Waals surface area contributed by atoms with Crippen LogP contribution in [-0.2, 0) is 0 Å². The van der Waals surface area contributed by atoms with E-state index in [9.17, 15) is 0 Å². The molecule has 0 radical (unpaired) electrons. The van der Waals surface area contributed by atoms with Gasteiger partial charge in [0.25, 0.3) is 0 Å². The molecule has 1 aliphatic rings. The lowest BCUT2D eigenvalue weighted by molar-refractivity contribution is 0.668. The van der Waals surface area contributed by atoms with Crippen LogP contribution in [0.5, 0.6) is 0 Å². The van der Waals surface area contributed by atoms with Gasteiger partial charge in [0, 0.05) is 18.8 Å². The molecule has 2 N–H and O–H groups in total. The molecule has 0 aromatic carbocycles. The van der Waals surface area contributed by atoms with E-state index in [0.29, 0.717) is 0 Å². The first-order valence-corrected chi connectivity index (χ1v) is 3.00. The summed E-state index contributed by atoms with van der Waals surface area (Å²) in [6.07, 6.45) is 9.92. The second-order valence-corrected chi connectivity index (χ2v) is 1.85. The van der Waals surface area contributed by atoms with Gasteiger partial charge in [-0.2, -0.15) is 0 Å². The summed E-state index contributed by atoms with van der Waals surface area (Å²) in [4.78, 5) is 0. The molecule has 1 saturated heterocycles. The molecule has 0 saturated carbocycles. The Morgan fingerprint density at radius 1 is 1.22 bits per heavy atom. The van der Waals surface area contributed by atoms with Crippen LogP contribution in [0.4, 0.5) is 0 Å². The van der Waals surface area contributed by atoms with Gasteiger partial charge >= 0.3 is 0 Å². The van der Waals surface area contributed by atoms with Gasteiger partial charge in [-0.3, -0.25) is 0 Å². The van der Waals surface area contributed by atoms with Crippen molar-refractivity contribution >= 4 is 5.71 Å². The fourth-order valence-electron chi connectivity index (χ4n) is 0.729. The molecule has 0 atom stereocenters. The Balaban J connectivity index is 0.000000291. The summed E-state index contributed by atoms with van der Waals surface area (Å²) in [5.74, 6) is 0. The molecule has 1 aliphatic heterocycles. The minimum atomic E-state index is 0.902. The van der Waals surface area contributed by atoms with E-state index in [2.05, 4.69) is 18.2 Å². The van der Waals surface area contributed by atoms with E-state index in [1.807, 2.05) is 0 Å².